The van der Waals surface area contributed by atoms with Crippen LogP contribution in [0.25, 0.3) is 5.69 Å². The molecule has 0 spiro atoms. The van der Waals surface area contributed by atoms with Crippen LogP contribution in [0.2, 0.25) is 0 Å². The Morgan fingerprint density at radius 3 is 2.34 bits per heavy atom. The molecule has 12 nitrogen and oxygen atoms in total. The zero-order chi connectivity index (χ0) is 27.4. The number of aliphatic hydroxyl groups is 1. The zero-order valence-corrected chi connectivity index (χ0v) is 22.0. The predicted molar refractivity (Wildman–Crippen MR) is 144 cm³/mol. The van der Waals surface area contributed by atoms with Crippen LogP contribution in [0.3, 0.4) is 0 Å². The summed E-state index contributed by atoms with van der Waals surface area (Å²) in [5.74, 6) is 0.0997. The lowest BCUT2D eigenvalue weighted by molar-refractivity contribution is -0.137. The fourth-order valence-corrected chi connectivity index (χ4v) is 4.86. The normalized spacial score (nSPS) is 20.9. The minimum absolute atomic E-state index is 0.0376. The largest absolute Gasteiger partial charge is 0.396 e. The molecule has 12 heteroatoms. The average molecular weight is 527 g/mol. The van der Waals surface area contributed by atoms with Crippen LogP contribution in [0, 0.1) is 5.92 Å². The first-order chi connectivity index (χ1) is 18.0. The second kappa shape index (κ2) is 11.6. The Bertz CT molecular complexity index is 1180. The highest BCUT2D eigenvalue weighted by Crippen LogP contribution is 2.18. The number of piperazine rings is 1. The van der Waals surface area contributed by atoms with Crippen molar-refractivity contribution in [2.45, 2.75) is 38.4 Å². The molecule has 6 N–H and O–H groups in total. The number of hydrogen-bond acceptors (Lipinski definition) is 8. The average Bonchev–Trinajstić information content (AvgIpc) is 2.89. The molecule has 206 valence electrons. The highest BCUT2D eigenvalue weighted by Gasteiger charge is 2.31. The topological polar surface area (TPSA) is 163 Å². The molecule has 0 aliphatic carbocycles. The predicted octanol–water partition coefficient (Wildman–Crippen LogP) is -0.213. The highest BCUT2D eigenvalue weighted by molar-refractivity contribution is 5.89. The van der Waals surface area contributed by atoms with E-state index < -0.39 is 11.2 Å². The monoisotopic (exact) mass is 526 g/mol. The lowest BCUT2D eigenvalue weighted by Gasteiger charge is -2.37. The number of aliphatic hydroxyl groups excluding tert-OH is 1. The summed E-state index contributed by atoms with van der Waals surface area (Å²) in [5, 5.41) is 12.2. The molecule has 2 saturated heterocycles. The third kappa shape index (κ3) is 6.57. The Morgan fingerprint density at radius 1 is 1.08 bits per heavy atom. The minimum Gasteiger partial charge on any atom is -0.396 e. The maximum Gasteiger partial charge on any atom is 0.354 e. The molecule has 1 aromatic carbocycles. The number of rotatable bonds is 6. The molecular weight excluding hydrogens is 488 g/mol. The van der Waals surface area contributed by atoms with E-state index in [2.05, 4.69) is 15.2 Å². The number of carbonyl (C=O) groups is 2. The molecule has 1 aromatic heterocycles. The quantitative estimate of drug-likeness (QED) is 0.402. The van der Waals surface area contributed by atoms with Gasteiger partial charge in [-0.1, -0.05) is 12.1 Å². The minimum atomic E-state index is -0.954. The summed E-state index contributed by atoms with van der Waals surface area (Å²) in [7, 11) is 0. The Morgan fingerprint density at radius 2 is 1.74 bits per heavy atom. The Labute approximate surface area is 222 Å². The number of anilines is 1. The number of hydrogen-bond donors (Lipinski definition) is 4. The van der Waals surface area contributed by atoms with Gasteiger partial charge in [0, 0.05) is 64.0 Å². The third-order valence-corrected chi connectivity index (χ3v) is 7.18. The van der Waals surface area contributed by atoms with Gasteiger partial charge in [0.2, 0.25) is 5.91 Å². The zero-order valence-electron chi connectivity index (χ0n) is 22.0. The van der Waals surface area contributed by atoms with Gasteiger partial charge in [0.25, 0.3) is 0 Å². The molecule has 0 bridgehead atoms. The van der Waals surface area contributed by atoms with Gasteiger partial charge in [-0.3, -0.25) is 19.6 Å². The lowest BCUT2D eigenvalue weighted by Crippen LogP contribution is -2.58. The molecule has 0 saturated carbocycles. The number of piperidine rings is 1. The number of benzene rings is 1. The number of amides is 3. The number of carbonyl (C=O) groups excluding carboxylic acids is 2. The first kappa shape index (κ1) is 27.7. The molecule has 2 fully saturated rings. The van der Waals surface area contributed by atoms with E-state index in [0.717, 1.165) is 31.6 Å². The van der Waals surface area contributed by atoms with Crippen LogP contribution in [-0.2, 0) is 11.3 Å². The fourth-order valence-electron chi connectivity index (χ4n) is 4.86. The van der Waals surface area contributed by atoms with Gasteiger partial charge < -0.3 is 26.4 Å². The van der Waals surface area contributed by atoms with Crippen molar-refractivity contribution in [2.75, 3.05) is 51.2 Å². The summed E-state index contributed by atoms with van der Waals surface area (Å²) in [4.78, 5) is 47.3. The van der Waals surface area contributed by atoms with Gasteiger partial charge in [-0.15, -0.1) is 0 Å². The van der Waals surface area contributed by atoms with Crippen molar-refractivity contribution in [3.8, 4) is 5.69 Å². The maximum atomic E-state index is 12.7. The van der Waals surface area contributed by atoms with E-state index in [-0.39, 0.29) is 36.3 Å². The molecule has 3 amide bonds. The second-order valence-electron chi connectivity index (χ2n) is 10.7. The van der Waals surface area contributed by atoms with Gasteiger partial charge in [0.15, 0.2) is 0 Å². The van der Waals surface area contributed by atoms with Crippen LogP contribution < -0.4 is 22.5 Å². The summed E-state index contributed by atoms with van der Waals surface area (Å²) in [6.45, 7) is 7.32. The standard InChI is InChI=1S/C26H38N8O4/c1-26(2,28)23(36)32-11-13-33(14-12-32)24(37)29-22-8-10-34(25(38)30-22)20-5-3-18(4-6-20)15-31-9-7-21(27)19(16-31)17-35/h3-6,8,10,19,21,35H,7,9,11-17,27-28H2,1-2H3,(H,29,30,37,38)/t19-,21+/m0/s1. The Kier molecular flexibility index (Phi) is 8.46. The third-order valence-electron chi connectivity index (χ3n) is 7.18. The van der Waals surface area contributed by atoms with Crippen molar-refractivity contribution < 1.29 is 14.7 Å². The van der Waals surface area contributed by atoms with Crippen molar-refractivity contribution in [3.05, 3.63) is 52.6 Å². The van der Waals surface area contributed by atoms with Crippen LogP contribution in [0.15, 0.2) is 41.3 Å². The molecule has 2 aliphatic heterocycles. The first-order valence-electron chi connectivity index (χ1n) is 13.0. The number of aromatic nitrogens is 2. The van der Waals surface area contributed by atoms with Crippen molar-refractivity contribution in [1.29, 1.82) is 0 Å². The SMILES string of the molecule is CC(C)(N)C(=O)N1CCN(C(=O)Nc2ccn(-c3ccc(CN4CC[C@@H](N)[C@H](CO)C4)cc3)c(=O)n2)CC1. The van der Waals surface area contributed by atoms with E-state index in [0.29, 0.717) is 31.9 Å². The molecular formula is C26H38N8O4. The van der Waals surface area contributed by atoms with Gasteiger partial charge in [0.1, 0.15) is 5.82 Å². The summed E-state index contributed by atoms with van der Waals surface area (Å²) in [6, 6.07) is 8.90. The van der Waals surface area contributed by atoms with E-state index >= 15 is 0 Å². The summed E-state index contributed by atoms with van der Waals surface area (Å²) >= 11 is 0. The Hall–Kier alpha value is -3.32. The number of nitrogens with two attached hydrogens (primary N) is 2. The fraction of sp³-hybridized carbons (Fsp3) is 0.538. The van der Waals surface area contributed by atoms with Crippen LogP contribution in [0.4, 0.5) is 10.6 Å². The smallest absolute Gasteiger partial charge is 0.354 e. The lowest BCUT2D eigenvalue weighted by atomic mass is 9.93. The second-order valence-corrected chi connectivity index (χ2v) is 10.7. The molecule has 38 heavy (non-hydrogen) atoms. The number of nitrogens with one attached hydrogen (secondary N) is 1. The maximum absolute atomic E-state index is 12.7. The van der Waals surface area contributed by atoms with Gasteiger partial charge in [-0.05, 0) is 50.6 Å². The van der Waals surface area contributed by atoms with Gasteiger partial charge >= 0.3 is 11.7 Å². The molecule has 0 radical (unpaired) electrons. The van der Waals surface area contributed by atoms with Gasteiger partial charge in [-0.2, -0.15) is 4.98 Å². The molecule has 3 heterocycles. The Balaban J connectivity index is 1.32. The van der Waals surface area contributed by atoms with Crippen LogP contribution in [0.1, 0.15) is 25.8 Å². The van der Waals surface area contributed by atoms with Gasteiger partial charge in [0.05, 0.1) is 11.2 Å². The summed E-state index contributed by atoms with van der Waals surface area (Å²) in [5.41, 5.74) is 12.3. The molecule has 2 aromatic rings. The van der Waals surface area contributed by atoms with Crippen molar-refractivity contribution >= 4 is 17.8 Å². The summed E-state index contributed by atoms with van der Waals surface area (Å²) in [6.07, 6.45) is 2.44. The number of nitrogens with zero attached hydrogens (tertiary/aromatic N) is 5. The van der Waals surface area contributed by atoms with Crippen LogP contribution in [-0.4, -0.2) is 98.8 Å². The molecule has 0 unspecified atom stereocenters. The van der Waals surface area contributed by atoms with Crippen molar-refractivity contribution in [3.63, 3.8) is 0 Å². The van der Waals surface area contributed by atoms with Gasteiger partial charge in [-0.25, -0.2) is 9.59 Å². The number of urea groups is 1. The highest BCUT2D eigenvalue weighted by atomic mass is 16.3. The first-order valence-corrected chi connectivity index (χ1v) is 13.0. The number of likely N-dealkylation sites (tertiary alicyclic amines) is 1. The summed E-state index contributed by atoms with van der Waals surface area (Å²) < 4.78 is 1.42. The van der Waals surface area contributed by atoms with Crippen molar-refractivity contribution in [2.24, 2.45) is 17.4 Å². The van der Waals surface area contributed by atoms with E-state index in [4.69, 9.17) is 11.5 Å². The van der Waals surface area contributed by atoms with Crippen molar-refractivity contribution in [1.82, 2.24) is 24.3 Å². The van der Waals surface area contributed by atoms with E-state index in [1.165, 1.54) is 4.57 Å². The van der Waals surface area contributed by atoms with E-state index in [9.17, 15) is 19.5 Å². The van der Waals surface area contributed by atoms with Crippen LogP contribution in [0.5, 0.6) is 0 Å². The molecule has 2 aliphatic rings. The van der Waals surface area contributed by atoms with Crippen LogP contribution >= 0.6 is 0 Å². The molecule has 4 rings (SSSR count). The van der Waals surface area contributed by atoms with E-state index in [1.54, 1.807) is 35.9 Å². The molecule has 2 atom stereocenters. The van der Waals surface area contributed by atoms with E-state index in [1.807, 2.05) is 24.3 Å².